The molecule has 1 rings (SSSR count). The summed E-state index contributed by atoms with van der Waals surface area (Å²) in [6.45, 7) is 5.48. The average Bonchev–Trinajstić information content (AvgIpc) is 2.44. The van der Waals surface area contributed by atoms with Crippen molar-refractivity contribution in [2.45, 2.75) is 13.3 Å². The molecular weight excluding hydrogens is 116 g/mol. The van der Waals surface area contributed by atoms with Crippen molar-refractivity contribution in [2.75, 3.05) is 0 Å². The number of hydrogen-bond acceptors (Lipinski definition) is 1. The third-order valence-corrected chi connectivity index (χ3v) is 2.04. The predicted molar refractivity (Wildman–Crippen MR) is 34.0 cm³/mol. The molecule has 0 aromatic rings. The van der Waals surface area contributed by atoms with E-state index in [-0.39, 0.29) is 11.3 Å². The Bertz CT molecular complexity index is 162. The normalized spacial score (nSPS) is 39.9. The van der Waals surface area contributed by atoms with Gasteiger partial charge in [0, 0.05) is 0 Å². The number of carboxylic acid groups (broad SMARTS) is 1. The Morgan fingerprint density at radius 2 is 2.56 bits per heavy atom. The molecule has 1 aliphatic carbocycles. The van der Waals surface area contributed by atoms with Crippen LogP contribution in [0.5, 0.6) is 0 Å². The van der Waals surface area contributed by atoms with Gasteiger partial charge in [0.2, 0.25) is 0 Å². The second-order valence-electron chi connectivity index (χ2n) is 2.80. The molecule has 1 saturated carbocycles. The van der Waals surface area contributed by atoms with E-state index in [4.69, 9.17) is 5.11 Å². The minimum atomic E-state index is -0.697. The van der Waals surface area contributed by atoms with Crippen molar-refractivity contribution >= 4 is 5.97 Å². The van der Waals surface area contributed by atoms with Crippen molar-refractivity contribution in [3.05, 3.63) is 12.7 Å². The average molecular weight is 126 g/mol. The smallest absolute Gasteiger partial charge is 0.307 e. The summed E-state index contributed by atoms with van der Waals surface area (Å²) >= 11 is 0. The van der Waals surface area contributed by atoms with E-state index in [1.807, 2.05) is 6.92 Å². The lowest BCUT2D eigenvalue weighted by Gasteiger charge is -1.97. The number of allylic oxidation sites excluding steroid dienone is 1. The monoisotopic (exact) mass is 126 g/mol. The molecular formula is C7H10O2. The zero-order valence-corrected chi connectivity index (χ0v) is 5.42. The Morgan fingerprint density at radius 1 is 2.00 bits per heavy atom. The molecule has 1 fully saturated rings. The van der Waals surface area contributed by atoms with Crippen molar-refractivity contribution in [2.24, 2.45) is 11.3 Å². The Morgan fingerprint density at radius 3 is 2.67 bits per heavy atom. The van der Waals surface area contributed by atoms with Gasteiger partial charge in [-0.25, -0.2) is 0 Å². The maximum absolute atomic E-state index is 10.3. The number of carboxylic acids is 1. The first-order valence-corrected chi connectivity index (χ1v) is 2.96. The molecule has 2 atom stereocenters. The van der Waals surface area contributed by atoms with Gasteiger partial charge in [-0.3, -0.25) is 4.79 Å². The van der Waals surface area contributed by atoms with Crippen molar-refractivity contribution in [3.63, 3.8) is 0 Å². The summed E-state index contributed by atoms with van der Waals surface area (Å²) in [4.78, 5) is 10.3. The van der Waals surface area contributed by atoms with Crippen LogP contribution in [-0.2, 0) is 4.79 Å². The van der Waals surface area contributed by atoms with Crippen LogP contribution in [0.2, 0.25) is 0 Å². The molecule has 0 saturated heterocycles. The minimum absolute atomic E-state index is 0.105. The van der Waals surface area contributed by atoms with Crippen LogP contribution >= 0.6 is 0 Å². The van der Waals surface area contributed by atoms with Gasteiger partial charge >= 0.3 is 5.97 Å². The van der Waals surface area contributed by atoms with Gasteiger partial charge in [0.05, 0.1) is 5.92 Å². The molecule has 2 unspecified atom stereocenters. The molecule has 9 heavy (non-hydrogen) atoms. The predicted octanol–water partition coefficient (Wildman–Crippen LogP) is 1.28. The van der Waals surface area contributed by atoms with Gasteiger partial charge < -0.3 is 5.11 Å². The molecule has 0 amide bonds. The highest BCUT2D eigenvalue weighted by atomic mass is 16.4. The molecule has 0 aromatic heterocycles. The first-order chi connectivity index (χ1) is 4.10. The maximum Gasteiger partial charge on any atom is 0.307 e. The molecule has 0 bridgehead atoms. The Hall–Kier alpha value is -0.790. The van der Waals surface area contributed by atoms with E-state index in [1.54, 1.807) is 6.08 Å². The first-order valence-electron chi connectivity index (χ1n) is 2.96. The molecule has 1 aliphatic rings. The molecule has 1 N–H and O–H groups in total. The van der Waals surface area contributed by atoms with Gasteiger partial charge in [0.1, 0.15) is 0 Å². The fourth-order valence-corrected chi connectivity index (χ4v) is 0.976. The van der Waals surface area contributed by atoms with Crippen LogP contribution in [0.3, 0.4) is 0 Å². The largest absolute Gasteiger partial charge is 0.481 e. The van der Waals surface area contributed by atoms with Crippen LogP contribution < -0.4 is 0 Å². The highest BCUT2D eigenvalue weighted by Gasteiger charge is 2.52. The summed E-state index contributed by atoms with van der Waals surface area (Å²) < 4.78 is 0. The van der Waals surface area contributed by atoms with E-state index < -0.39 is 5.97 Å². The van der Waals surface area contributed by atoms with E-state index in [0.717, 1.165) is 6.42 Å². The molecule has 0 spiro atoms. The number of carbonyl (C=O) groups is 1. The molecule has 0 aromatic carbocycles. The van der Waals surface area contributed by atoms with Gasteiger partial charge in [-0.1, -0.05) is 13.0 Å². The van der Waals surface area contributed by atoms with Crippen molar-refractivity contribution < 1.29 is 9.90 Å². The fourth-order valence-electron chi connectivity index (χ4n) is 0.976. The van der Waals surface area contributed by atoms with Gasteiger partial charge in [-0.2, -0.15) is 0 Å². The molecule has 2 heteroatoms. The van der Waals surface area contributed by atoms with E-state index in [1.165, 1.54) is 0 Å². The SMILES string of the molecule is C=CC1(C)CC1C(=O)O. The van der Waals surface area contributed by atoms with Crippen molar-refractivity contribution in [1.82, 2.24) is 0 Å². The van der Waals surface area contributed by atoms with E-state index in [2.05, 4.69) is 6.58 Å². The summed E-state index contributed by atoms with van der Waals surface area (Å²) in [6.07, 6.45) is 2.48. The van der Waals surface area contributed by atoms with Crippen LogP contribution in [0, 0.1) is 11.3 Å². The number of rotatable bonds is 2. The lowest BCUT2D eigenvalue weighted by Crippen LogP contribution is -2.03. The second-order valence-corrected chi connectivity index (χ2v) is 2.80. The van der Waals surface area contributed by atoms with Gasteiger partial charge in [-0.15, -0.1) is 6.58 Å². The Balaban J connectivity index is 2.57. The minimum Gasteiger partial charge on any atom is -0.481 e. The molecule has 0 radical (unpaired) electrons. The quantitative estimate of drug-likeness (QED) is 0.566. The van der Waals surface area contributed by atoms with Crippen LogP contribution in [0.1, 0.15) is 13.3 Å². The topological polar surface area (TPSA) is 37.3 Å². The molecule has 50 valence electrons. The Kier molecular flexibility index (Phi) is 1.12. The van der Waals surface area contributed by atoms with Crippen molar-refractivity contribution in [1.29, 1.82) is 0 Å². The summed E-state index contributed by atoms with van der Waals surface area (Å²) in [5.41, 5.74) is -0.105. The zero-order chi connectivity index (χ0) is 7.07. The van der Waals surface area contributed by atoms with Crippen molar-refractivity contribution in [3.8, 4) is 0 Å². The van der Waals surface area contributed by atoms with Crippen LogP contribution in [0.4, 0.5) is 0 Å². The summed E-state index contributed by atoms with van der Waals surface area (Å²) in [5, 5.41) is 8.47. The van der Waals surface area contributed by atoms with Crippen LogP contribution in [0.25, 0.3) is 0 Å². The first kappa shape index (κ1) is 6.33. The summed E-state index contributed by atoms with van der Waals surface area (Å²) in [5.74, 6) is -0.868. The van der Waals surface area contributed by atoms with Gasteiger partial charge in [-0.05, 0) is 11.8 Å². The summed E-state index contributed by atoms with van der Waals surface area (Å²) in [7, 11) is 0. The lowest BCUT2D eigenvalue weighted by atomic mass is 10.1. The van der Waals surface area contributed by atoms with Crippen LogP contribution in [0.15, 0.2) is 12.7 Å². The summed E-state index contributed by atoms with van der Waals surface area (Å²) in [6, 6.07) is 0. The Labute approximate surface area is 54.2 Å². The highest BCUT2D eigenvalue weighted by Crippen LogP contribution is 2.52. The number of aliphatic carboxylic acids is 1. The molecule has 2 nitrogen and oxygen atoms in total. The number of hydrogen-bond donors (Lipinski definition) is 1. The third-order valence-electron chi connectivity index (χ3n) is 2.04. The third kappa shape index (κ3) is 0.846. The van der Waals surface area contributed by atoms with E-state index >= 15 is 0 Å². The highest BCUT2D eigenvalue weighted by molar-refractivity contribution is 5.75. The molecule has 0 aliphatic heterocycles. The molecule has 0 heterocycles. The maximum atomic E-state index is 10.3. The van der Waals surface area contributed by atoms with E-state index in [0.29, 0.717) is 0 Å². The fraction of sp³-hybridized carbons (Fsp3) is 0.571. The lowest BCUT2D eigenvalue weighted by molar-refractivity contribution is -0.139. The van der Waals surface area contributed by atoms with Gasteiger partial charge in [0.25, 0.3) is 0 Å². The van der Waals surface area contributed by atoms with Gasteiger partial charge in [0.15, 0.2) is 0 Å². The zero-order valence-electron chi connectivity index (χ0n) is 5.42. The second kappa shape index (κ2) is 1.59. The standard InChI is InChI=1S/C7H10O2/c1-3-7(2)4-5(7)6(8)9/h3,5H,1,4H2,2H3,(H,8,9). The van der Waals surface area contributed by atoms with Crippen LogP contribution in [-0.4, -0.2) is 11.1 Å². The van der Waals surface area contributed by atoms with E-state index in [9.17, 15) is 4.79 Å².